The zero-order chi connectivity index (χ0) is 17.8. The van der Waals surface area contributed by atoms with E-state index in [2.05, 4.69) is 10.6 Å². The highest BCUT2D eigenvalue weighted by Crippen LogP contribution is 2.26. The molecule has 1 aromatic heterocycles. The van der Waals surface area contributed by atoms with Gasteiger partial charge in [0.2, 0.25) is 11.8 Å². The monoisotopic (exact) mass is 354 g/mol. The largest absolute Gasteiger partial charge is 0.359 e. The Balaban J connectivity index is 1.80. The molecule has 2 amide bonds. The van der Waals surface area contributed by atoms with Crippen LogP contribution in [0.2, 0.25) is 0 Å². The molecule has 5 nitrogen and oxygen atoms in total. The van der Waals surface area contributed by atoms with E-state index < -0.39 is 0 Å². The Morgan fingerprint density at radius 3 is 2.48 bits per heavy atom. The zero-order valence-electron chi connectivity index (χ0n) is 13.8. The molecule has 0 saturated carbocycles. The van der Waals surface area contributed by atoms with E-state index in [9.17, 15) is 14.4 Å². The van der Waals surface area contributed by atoms with Crippen molar-refractivity contribution >= 4 is 49.0 Å². The average molecular weight is 354 g/mol. The molecule has 0 aliphatic heterocycles. The molecule has 128 valence electrons. The fraction of sp³-hybridized carbons (Fsp3) is 0.211. The summed E-state index contributed by atoms with van der Waals surface area (Å²) in [5, 5.41) is 6.61. The Hall–Kier alpha value is -2.73. The third kappa shape index (κ3) is 3.85. The van der Waals surface area contributed by atoms with Crippen LogP contribution in [-0.4, -0.2) is 18.9 Å². The topological polar surface area (TPSA) is 75.3 Å². The SMILES string of the molecule is CNC(=O)CCCC(=O)Nc1ccc2sc3ccccc3c(=O)c2c1. The first kappa shape index (κ1) is 17.1. The van der Waals surface area contributed by atoms with Gasteiger partial charge in [-0.15, -0.1) is 11.3 Å². The second kappa shape index (κ2) is 7.44. The summed E-state index contributed by atoms with van der Waals surface area (Å²) < 4.78 is 1.84. The number of fused-ring (bicyclic) bond motifs is 2. The normalized spacial score (nSPS) is 10.8. The Morgan fingerprint density at radius 1 is 0.960 bits per heavy atom. The summed E-state index contributed by atoms with van der Waals surface area (Å²) in [5.74, 6) is -0.247. The van der Waals surface area contributed by atoms with Crippen LogP contribution in [-0.2, 0) is 9.59 Å². The van der Waals surface area contributed by atoms with Crippen molar-refractivity contribution in [3.8, 4) is 0 Å². The van der Waals surface area contributed by atoms with Gasteiger partial charge in [0, 0.05) is 45.7 Å². The molecule has 0 saturated heterocycles. The highest BCUT2D eigenvalue weighted by Gasteiger charge is 2.09. The van der Waals surface area contributed by atoms with Gasteiger partial charge in [-0.1, -0.05) is 12.1 Å². The van der Waals surface area contributed by atoms with Gasteiger partial charge < -0.3 is 10.6 Å². The van der Waals surface area contributed by atoms with Crippen LogP contribution in [0.15, 0.2) is 47.3 Å². The highest BCUT2D eigenvalue weighted by molar-refractivity contribution is 7.24. The number of amides is 2. The number of anilines is 1. The van der Waals surface area contributed by atoms with Gasteiger partial charge in [-0.05, 0) is 36.8 Å². The van der Waals surface area contributed by atoms with Crippen LogP contribution < -0.4 is 16.1 Å². The molecule has 0 aliphatic rings. The van der Waals surface area contributed by atoms with Gasteiger partial charge >= 0.3 is 0 Å². The molecule has 3 rings (SSSR count). The first-order valence-electron chi connectivity index (χ1n) is 8.04. The van der Waals surface area contributed by atoms with Gasteiger partial charge in [0.25, 0.3) is 0 Å². The lowest BCUT2D eigenvalue weighted by Gasteiger charge is -2.07. The predicted molar refractivity (Wildman–Crippen MR) is 102 cm³/mol. The maximum atomic E-state index is 12.7. The smallest absolute Gasteiger partial charge is 0.224 e. The molecule has 1 heterocycles. The molecule has 2 N–H and O–H groups in total. The van der Waals surface area contributed by atoms with Crippen LogP contribution in [0.5, 0.6) is 0 Å². The van der Waals surface area contributed by atoms with E-state index >= 15 is 0 Å². The first-order valence-corrected chi connectivity index (χ1v) is 8.86. The van der Waals surface area contributed by atoms with Crippen LogP contribution in [0, 0.1) is 0 Å². The lowest BCUT2D eigenvalue weighted by molar-refractivity contribution is -0.120. The van der Waals surface area contributed by atoms with E-state index in [1.165, 1.54) is 0 Å². The van der Waals surface area contributed by atoms with Crippen molar-refractivity contribution < 1.29 is 9.59 Å². The van der Waals surface area contributed by atoms with Crippen molar-refractivity contribution in [3.05, 3.63) is 52.7 Å². The van der Waals surface area contributed by atoms with Crippen molar-refractivity contribution in [1.29, 1.82) is 0 Å². The van der Waals surface area contributed by atoms with Crippen molar-refractivity contribution in [2.24, 2.45) is 0 Å². The number of carbonyl (C=O) groups excluding carboxylic acids is 2. The molecule has 0 aliphatic carbocycles. The minimum absolute atomic E-state index is 0.0277. The zero-order valence-corrected chi connectivity index (χ0v) is 14.6. The third-order valence-electron chi connectivity index (χ3n) is 3.95. The second-order valence-corrected chi connectivity index (χ2v) is 6.80. The van der Waals surface area contributed by atoms with Crippen molar-refractivity contribution in [2.45, 2.75) is 19.3 Å². The number of benzene rings is 2. The quantitative estimate of drug-likeness (QED) is 0.691. The highest BCUT2D eigenvalue weighted by atomic mass is 32.1. The summed E-state index contributed by atoms with van der Waals surface area (Å²) in [4.78, 5) is 35.8. The van der Waals surface area contributed by atoms with Gasteiger partial charge in [0.05, 0.1) is 0 Å². The van der Waals surface area contributed by atoms with Gasteiger partial charge in [0.15, 0.2) is 5.43 Å². The lowest BCUT2D eigenvalue weighted by atomic mass is 10.1. The summed E-state index contributed by atoms with van der Waals surface area (Å²) in [6, 6.07) is 12.9. The van der Waals surface area contributed by atoms with E-state index in [1.807, 2.05) is 30.3 Å². The van der Waals surface area contributed by atoms with Crippen LogP contribution >= 0.6 is 11.3 Å². The Morgan fingerprint density at radius 2 is 1.68 bits per heavy atom. The maximum Gasteiger partial charge on any atom is 0.224 e. The van der Waals surface area contributed by atoms with Crippen molar-refractivity contribution in [1.82, 2.24) is 5.32 Å². The molecule has 0 atom stereocenters. The maximum absolute atomic E-state index is 12.7. The van der Waals surface area contributed by atoms with E-state index in [1.54, 1.807) is 30.5 Å². The van der Waals surface area contributed by atoms with E-state index in [0.29, 0.717) is 29.3 Å². The van der Waals surface area contributed by atoms with E-state index in [-0.39, 0.29) is 23.7 Å². The van der Waals surface area contributed by atoms with E-state index in [0.717, 1.165) is 9.40 Å². The average Bonchev–Trinajstić information content (AvgIpc) is 2.62. The number of rotatable bonds is 5. The summed E-state index contributed by atoms with van der Waals surface area (Å²) in [5.41, 5.74) is 0.567. The fourth-order valence-corrected chi connectivity index (χ4v) is 3.69. The van der Waals surface area contributed by atoms with Crippen LogP contribution in [0.3, 0.4) is 0 Å². The predicted octanol–water partition coefficient (Wildman–Crippen LogP) is 3.27. The Kier molecular flexibility index (Phi) is 5.09. The van der Waals surface area contributed by atoms with Crippen LogP contribution in [0.1, 0.15) is 19.3 Å². The number of carbonyl (C=O) groups is 2. The lowest BCUT2D eigenvalue weighted by Crippen LogP contribution is -2.18. The van der Waals surface area contributed by atoms with Gasteiger partial charge in [-0.3, -0.25) is 14.4 Å². The fourth-order valence-electron chi connectivity index (χ4n) is 2.64. The molecule has 3 aromatic rings. The number of hydrogen-bond donors (Lipinski definition) is 2. The molecule has 0 unspecified atom stereocenters. The van der Waals surface area contributed by atoms with Crippen molar-refractivity contribution in [2.75, 3.05) is 12.4 Å². The Labute approximate surface area is 148 Å². The summed E-state index contributed by atoms with van der Waals surface area (Å²) in [6.07, 6.45) is 1.06. The molecule has 0 radical (unpaired) electrons. The van der Waals surface area contributed by atoms with Gasteiger partial charge in [-0.2, -0.15) is 0 Å². The molecular formula is C19H18N2O3S. The van der Waals surface area contributed by atoms with Crippen LogP contribution in [0.25, 0.3) is 20.2 Å². The summed E-state index contributed by atoms with van der Waals surface area (Å²) in [6.45, 7) is 0. The summed E-state index contributed by atoms with van der Waals surface area (Å²) in [7, 11) is 1.57. The molecule has 0 spiro atoms. The second-order valence-electron chi connectivity index (χ2n) is 5.71. The van der Waals surface area contributed by atoms with Crippen LogP contribution in [0.4, 0.5) is 5.69 Å². The molecule has 25 heavy (non-hydrogen) atoms. The first-order chi connectivity index (χ1) is 12.1. The molecule has 6 heteroatoms. The molecular weight excluding hydrogens is 336 g/mol. The molecule has 0 bridgehead atoms. The summed E-state index contributed by atoms with van der Waals surface area (Å²) >= 11 is 1.56. The number of nitrogens with one attached hydrogen (secondary N) is 2. The van der Waals surface area contributed by atoms with E-state index in [4.69, 9.17) is 0 Å². The number of hydrogen-bond acceptors (Lipinski definition) is 4. The molecule has 0 fully saturated rings. The van der Waals surface area contributed by atoms with Crippen molar-refractivity contribution in [3.63, 3.8) is 0 Å². The van der Waals surface area contributed by atoms with Gasteiger partial charge in [-0.25, -0.2) is 0 Å². The minimum atomic E-state index is -0.167. The minimum Gasteiger partial charge on any atom is -0.359 e. The Bertz CT molecular complexity index is 1010. The standard InChI is InChI=1S/C19H18N2O3S/c1-20-17(22)7-4-8-18(23)21-12-9-10-16-14(11-12)19(24)13-5-2-3-6-15(13)25-16/h2-3,5-6,9-11H,4,7-8H2,1H3,(H,20,22)(H,21,23). The third-order valence-corrected chi connectivity index (χ3v) is 5.10. The molecule has 2 aromatic carbocycles. The van der Waals surface area contributed by atoms with Gasteiger partial charge in [0.1, 0.15) is 0 Å².